The van der Waals surface area contributed by atoms with E-state index in [9.17, 15) is 13.2 Å². The molecule has 0 aliphatic rings. The van der Waals surface area contributed by atoms with E-state index in [4.69, 9.17) is 0 Å². The Balaban J connectivity index is 3.07. The number of carbonyl (C=O) groups is 1. The molecular weight excluding hydrogens is 300 g/mol. The van der Waals surface area contributed by atoms with E-state index in [0.29, 0.717) is 18.0 Å². The maximum Gasteiger partial charge on any atom is 0.254 e. The second-order valence-electron chi connectivity index (χ2n) is 5.89. The van der Waals surface area contributed by atoms with Crippen LogP contribution in [0.15, 0.2) is 29.2 Å². The van der Waals surface area contributed by atoms with Crippen LogP contribution in [-0.2, 0) is 10.0 Å². The fourth-order valence-electron chi connectivity index (χ4n) is 2.12. The minimum absolute atomic E-state index is 0.0718. The molecule has 1 aromatic carbocycles. The van der Waals surface area contributed by atoms with Crippen molar-refractivity contribution in [1.82, 2.24) is 9.21 Å². The Morgan fingerprint density at radius 3 is 1.95 bits per heavy atom. The van der Waals surface area contributed by atoms with Gasteiger partial charge in [-0.25, -0.2) is 12.7 Å². The second-order valence-corrected chi connectivity index (χ2v) is 8.04. The van der Waals surface area contributed by atoms with Crippen LogP contribution < -0.4 is 0 Å². The van der Waals surface area contributed by atoms with Gasteiger partial charge in [0.2, 0.25) is 10.0 Å². The van der Waals surface area contributed by atoms with E-state index in [1.807, 2.05) is 13.8 Å². The molecule has 0 heterocycles. The van der Waals surface area contributed by atoms with Gasteiger partial charge in [-0.1, -0.05) is 13.8 Å². The predicted octanol–water partition coefficient (Wildman–Crippen LogP) is 2.44. The summed E-state index contributed by atoms with van der Waals surface area (Å²) in [6, 6.07) is 6.25. The van der Waals surface area contributed by atoms with E-state index in [1.165, 1.54) is 26.2 Å². The largest absolute Gasteiger partial charge is 0.336 e. The third-order valence-corrected chi connectivity index (χ3v) is 5.77. The molecule has 1 atom stereocenters. The van der Waals surface area contributed by atoms with Gasteiger partial charge in [-0.15, -0.1) is 0 Å². The van der Waals surface area contributed by atoms with Crippen LogP contribution in [0.1, 0.15) is 38.1 Å². The van der Waals surface area contributed by atoms with E-state index in [1.54, 1.807) is 17.0 Å². The summed E-state index contributed by atoms with van der Waals surface area (Å²) in [6.45, 7) is 8.75. The van der Waals surface area contributed by atoms with Crippen molar-refractivity contribution in [2.45, 2.75) is 38.6 Å². The average molecular weight is 326 g/mol. The van der Waals surface area contributed by atoms with Crippen molar-refractivity contribution in [2.75, 3.05) is 20.6 Å². The van der Waals surface area contributed by atoms with Gasteiger partial charge < -0.3 is 4.90 Å². The summed E-state index contributed by atoms with van der Waals surface area (Å²) in [5.74, 6) is 0.287. The Hall–Kier alpha value is -1.40. The highest BCUT2D eigenvalue weighted by Gasteiger charge is 2.23. The summed E-state index contributed by atoms with van der Waals surface area (Å²) in [7, 11) is -0.499. The quantitative estimate of drug-likeness (QED) is 0.807. The van der Waals surface area contributed by atoms with Crippen LogP contribution in [0.5, 0.6) is 0 Å². The zero-order chi connectivity index (χ0) is 17.1. The topological polar surface area (TPSA) is 57.7 Å². The fraction of sp³-hybridized carbons (Fsp3) is 0.562. The number of amides is 1. The SMILES string of the molecule is CCN(C(=O)c1ccc(S(=O)(=O)N(C)C)cc1)[C@@H](C)C(C)C. The van der Waals surface area contributed by atoms with Gasteiger partial charge in [0, 0.05) is 32.2 Å². The van der Waals surface area contributed by atoms with Crippen LogP contribution >= 0.6 is 0 Å². The molecule has 1 amide bonds. The number of nitrogens with zero attached hydrogens (tertiary/aromatic N) is 2. The first-order valence-electron chi connectivity index (χ1n) is 7.46. The molecule has 1 rings (SSSR count). The molecule has 0 bridgehead atoms. The Kier molecular flexibility index (Phi) is 6.14. The van der Waals surface area contributed by atoms with E-state index in [-0.39, 0.29) is 16.8 Å². The van der Waals surface area contributed by atoms with Crippen LogP contribution in [0.3, 0.4) is 0 Å². The number of hydrogen-bond donors (Lipinski definition) is 0. The molecule has 22 heavy (non-hydrogen) atoms. The number of rotatable bonds is 6. The lowest BCUT2D eigenvalue weighted by Gasteiger charge is -2.31. The number of benzene rings is 1. The minimum atomic E-state index is -3.47. The van der Waals surface area contributed by atoms with Crippen molar-refractivity contribution in [3.05, 3.63) is 29.8 Å². The maximum atomic E-state index is 12.6. The third kappa shape index (κ3) is 3.87. The highest BCUT2D eigenvalue weighted by atomic mass is 32.2. The highest BCUT2D eigenvalue weighted by molar-refractivity contribution is 7.89. The second kappa shape index (κ2) is 7.24. The van der Waals surface area contributed by atoms with Gasteiger partial charge in [0.15, 0.2) is 0 Å². The van der Waals surface area contributed by atoms with E-state index >= 15 is 0 Å². The summed E-state index contributed by atoms with van der Waals surface area (Å²) >= 11 is 0. The normalized spacial score (nSPS) is 13.5. The minimum Gasteiger partial charge on any atom is -0.336 e. The molecular formula is C16H26N2O3S. The lowest BCUT2D eigenvalue weighted by Crippen LogP contribution is -2.41. The molecule has 124 valence electrons. The zero-order valence-corrected chi connectivity index (χ0v) is 15.0. The van der Waals surface area contributed by atoms with Crippen LogP contribution in [0.25, 0.3) is 0 Å². The first-order valence-corrected chi connectivity index (χ1v) is 8.90. The van der Waals surface area contributed by atoms with E-state index in [2.05, 4.69) is 13.8 Å². The van der Waals surface area contributed by atoms with Crippen molar-refractivity contribution < 1.29 is 13.2 Å². The maximum absolute atomic E-state index is 12.6. The average Bonchev–Trinajstić information content (AvgIpc) is 2.47. The van der Waals surface area contributed by atoms with Crippen LogP contribution in [0.2, 0.25) is 0 Å². The molecule has 0 unspecified atom stereocenters. The first kappa shape index (κ1) is 18.6. The number of sulfonamides is 1. The summed E-state index contributed by atoms with van der Waals surface area (Å²) in [5.41, 5.74) is 0.507. The number of hydrogen-bond acceptors (Lipinski definition) is 3. The first-order chi connectivity index (χ1) is 10.1. The Morgan fingerprint density at radius 2 is 1.59 bits per heavy atom. The molecule has 0 saturated heterocycles. The van der Waals surface area contributed by atoms with Crippen molar-refractivity contribution in [3.8, 4) is 0 Å². The molecule has 0 spiro atoms. The zero-order valence-electron chi connectivity index (χ0n) is 14.2. The summed E-state index contributed by atoms with van der Waals surface area (Å²) in [4.78, 5) is 14.6. The van der Waals surface area contributed by atoms with Gasteiger partial charge in [-0.2, -0.15) is 0 Å². The molecule has 0 N–H and O–H groups in total. The molecule has 6 heteroatoms. The molecule has 1 aromatic rings. The molecule has 0 fully saturated rings. The van der Waals surface area contributed by atoms with Gasteiger partial charge in [0.25, 0.3) is 5.91 Å². The van der Waals surface area contributed by atoms with Gasteiger partial charge >= 0.3 is 0 Å². The molecule has 5 nitrogen and oxygen atoms in total. The van der Waals surface area contributed by atoms with Crippen LogP contribution in [-0.4, -0.2) is 50.2 Å². The number of carbonyl (C=O) groups excluding carboxylic acids is 1. The Labute approximate surface area is 134 Å². The monoisotopic (exact) mass is 326 g/mol. The molecule has 0 radical (unpaired) electrons. The van der Waals surface area contributed by atoms with Crippen LogP contribution in [0, 0.1) is 5.92 Å². The fourth-order valence-corrected chi connectivity index (χ4v) is 3.02. The summed E-state index contributed by atoms with van der Waals surface area (Å²) in [6.07, 6.45) is 0. The Morgan fingerprint density at radius 1 is 1.09 bits per heavy atom. The predicted molar refractivity (Wildman–Crippen MR) is 88.3 cm³/mol. The van der Waals surface area contributed by atoms with E-state index in [0.717, 1.165) is 4.31 Å². The Bertz CT molecular complexity index is 607. The van der Waals surface area contributed by atoms with Gasteiger partial charge in [-0.3, -0.25) is 4.79 Å². The lowest BCUT2D eigenvalue weighted by atomic mass is 10.0. The molecule has 0 aliphatic heterocycles. The van der Waals surface area contributed by atoms with Crippen LogP contribution in [0.4, 0.5) is 0 Å². The summed E-state index contributed by atoms with van der Waals surface area (Å²) < 4.78 is 25.2. The molecule has 0 aromatic heterocycles. The van der Waals surface area contributed by atoms with Gasteiger partial charge in [0.1, 0.15) is 0 Å². The van der Waals surface area contributed by atoms with E-state index < -0.39 is 10.0 Å². The van der Waals surface area contributed by atoms with Crippen molar-refractivity contribution in [2.24, 2.45) is 5.92 Å². The van der Waals surface area contributed by atoms with Gasteiger partial charge in [-0.05, 0) is 44.0 Å². The summed E-state index contributed by atoms with van der Waals surface area (Å²) in [5, 5.41) is 0. The van der Waals surface area contributed by atoms with Gasteiger partial charge in [0.05, 0.1) is 4.90 Å². The molecule has 0 aliphatic carbocycles. The third-order valence-electron chi connectivity index (χ3n) is 3.94. The standard InChI is InChI=1S/C16H26N2O3S/c1-7-18(13(4)12(2)3)16(19)14-8-10-15(11-9-14)22(20,21)17(5)6/h8-13H,7H2,1-6H3/t13-/m0/s1. The lowest BCUT2D eigenvalue weighted by molar-refractivity contribution is 0.0660. The smallest absolute Gasteiger partial charge is 0.254 e. The van der Waals surface area contributed by atoms with Crippen molar-refractivity contribution >= 4 is 15.9 Å². The molecule has 0 saturated carbocycles. The van der Waals surface area contributed by atoms with Crippen molar-refractivity contribution in [3.63, 3.8) is 0 Å². The van der Waals surface area contributed by atoms with Crippen molar-refractivity contribution in [1.29, 1.82) is 0 Å². The highest BCUT2D eigenvalue weighted by Crippen LogP contribution is 2.17.